The molecule has 2 aliphatic rings. The topological polar surface area (TPSA) is 97.2 Å². The first-order chi connectivity index (χ1) is 9.00. The van der Waals surface area contributed by atoms with Gasteiger partial charge in [-0.25, -0.2) is 0 Å². The molecule has 2 aliphatic heterocycles. The van der Waals surface area contributed by atoms with Gasteiger partial charge < -0.3 is 29.7 Å². The Morgan fingerprint density at radius 2 is 2.26 bits per heavy atom. The van der Waals surface area contributed by atoms with Crippen molar-refractivity contribution in [3.63, 3.8) is 0 Å². The SMILES string of the molecule is CCCOC[C@@]12CO[C@H](O1)[C@H](NC(C)=O)[C@@H](O)[C@H]2O. The van der Waals surface area contributed by atoms with E-state index in [1.165, 1.54) is 6.92 Å². The summed E-state index contributed by atoms with van der Waals surface area (Å²) in [7, 11) is 0. The molecule has 0 radical (unpaired) electrons. The van der Waals surface area contributed by atoms with Crippen LogP contribution >= 0.6 is 0 Å². The molecule has 2 bridgehead atoms. The van der Waals surface area contributed by atoms with Gasteiger partial charge in [0.25, 0.3) is 0 Å². The van der Waals surface area contributed by atoms with Crippen molar-refractivity contribution in [1.29, 1.82) is 0 Å². The summed E-state index contributed by atoms with van der Waals surface area (Å²) in [5.41, 5.74) is -1.05. The molecule has 0 aromatic rings. The summed E-state index contributed by atoms with van der Waals surface area (Å²) in [6, 6.07) is -0.769. The van der Waals surface area contributed by atoms with Crippen LogP contribution in [-0.2, 0) is 19.0 Å². The van der Waals surface area contributed by atoms with E-state index in [9.17, 15) is 15.0 Å². The van der Waals surface area contributed by atoms with Crippen molar-refractivity contribution < 1.29 is 29.2 Å². The van der Waals surface area contributed by atoms with Crippen LogP contribution in [-0.4, -0.2) is 66.1 Å². The molecule has 0 saturated carbocycles. The zero-order valence-corrected chi connectivity index (χ0v) is 11.2. The fraction of sp³-hybridized carbons (Fsp3) is 0.917. The number of carbonyl (C=O) groups excluding carboxylic acids is 1. The molecule has 0 aliphatic carbocycles. The van der Waals surface area contributed by atoms with Crippen molar-refractivity contribution in [2.24, 2.45) is 0 Å². The molecule has 19 heavy (non-hydrogen) atoms. The highest BCUT2D eigenvalue weighted by Gasteiger charge is 2.59. The Hall–Kier alpha value is -0.730. The minimum atomic E-state index is -1.17. The van der Waals surface area contributed by atoms with E-state index in [4.69, 9.17) is 14.2 Å². The van der Waals surface area contributed by atoms with Crippen molar-refractivity contribution >= 4 is 5.91 Å². The molecule has 7 heteroatoms. The van der Waals surface area contributed by atoms with E-state index in [0.717, 1.165) is 6.42 Å². The fourth-order valence-electron chi connectivity index (χ4n) is 2.46. The van der Waals surface area contributed by atoms with Crippen molar-refractivity contribution in [1.82, 2.24) is 5.32 Å². The van der Waals surface area contributed by atoms with Crippen LogP contribution in [0, 0.1) is 0 Å². The van der Waals surface area contributed by atoms with Gasteiger partial charge in [0.05, 0.1) is 13.2 Å². The third-order valence-corrected chi connectivity index (χ3v) is 3.43. The molecule has 7 nitrogen and oxygen atoms in total. The highest BCUT2D eigenvalue weighted by molar-refractivity contribution is 5.73. The Kier molecular flexibility index (Phi) is 4.42. The summed E-state index contributed by atoms with van der Waals surface area (Å²) >= 11 is 0. The molecule has 0 unspecified atom stereocenters. The van der Waals surface area contributed by atoms with Gasteiger partial charge in [0.15, 0.2) is 6.29 Å². The van der Waals surface area contributed by atoms with E-state index < -0.39 is 30.1 Å². The third-order valence-electron chi connectivity index (χ3n) is 3.43. The number of rotatable bonds is 5. The number of carbonyl (C=O) groups is 1. The molecule has 110 valence electrons. The van der Waals surface area contributed by atoms with Gasteiger partial charge in [0.2, 0.25) is 5.91 Å². The van der Waals surface area contributed by atoms with E-state index in [0.29, 0.717) is 6.61 Å². The number of amides is 1. The quantitative estimate of drug-likeness (QED) is 0.543. The van der Waals surface area contributed by atoms with Gasteiger partial charge in [-0.15, -0.1) is 0 Å². The molecule has 5 atom stereocenters. The predicted molar refractivity (Wildman–Crippen MR) is 64.3 cm³/mol. The van der Waals surface area contributed by atoms with Crippen LogP contribution in [0.2, 0.25) is 0 Å². The smallest absolute Gasteiger partial charge is 0.217 e. The van der Waals surface area contributed by atoms with Crippen LogP contribution in [0.3, 0.4) is 0 Å². The molecule has 3 N–H and O–H groups in total. The van der Waals surface area contributed by atoms with Crippen LogP contribution in [0.15, 0.2) is 0 Å². The number of nitrogens with one attached hydrogen (secondary N) is 1. The molecular formula is C12H21NO6. The lowest BCUT2D eigenvalue weighted by molar-refractivity contribution is -0.237. The number of aliphatic hydroxyl groups is 2. The maximum atomic E-state index is 11.1. The molecule has 2 fully saturated rings. The maximum Gasteiger partial charge on any atom is 0.217 e. The first-order valence-electron chi connectivity index (χ1n) is 6.50. The van der Waals surface area contributed by atoms with Crippen LogP contribution in [0.25, 0.3) is 0 Å². The second-order valence-electron chi connectivity index (χ2n) is 5.08. The van der Waals surface area contributed by atoms with Crippen LogP contribution in [0.1, 0.15) is 20.3 Å². The van der Waals surface area contributed by atoms with Crippen molar-refractivity contribution in [3.8, 4) is 0 Å². The Labute approximate surface area is 111 Å². The lowest BCUT2D eigenvalue weighted by Gasteiger charge is -2.42. The second-order valence-corrected chi connectivity index (χ2v) is 5.08. The summed E-state index contributed by atoms with van der Waals surface area (Å²) in [5.74, 6) is -0.315. The fourth-order valence-corrected chi connectivity index (χ4v) is 2.46. The van der Waals surface area contributed by atoms with E-state index >= 15 is 0 Å². The van der Waals surface area contributed by atoms with Gasteiger partial charge in [-0.05, 0) is 6.42 Å². The number of aliphatic hydroxyl groups excluding tert-OH is 2. The molecule has 2 heterocycles. The highest BCUT2D eigenvalue weighted by atomic mass is 16.7. The molecule has 1 amide bonds. The largest absolute Gasteiger partial charge is 0.388 e. The second kappa shape index (κ2) is 5.72. The third kappa shape index (κ3) is 2.75. The lowest BCUT2D eigenvalue weighted by Crippen LogP contribution is -2.66. The molecule has 2 saturated heterocycles. The van der Waals surface area contributed by atoms with E-state index in [2.05, 4.69) is 5.32 Å². The Morgan fingerprint density at radius 3 is 2.89 bits per heavy atom. The van der Waals surface area contributed by atoms with Gasteiger partial charge in [-0.2, -0.15) is 0 Å². The van der Waals surface area contributed by atoms with Crippen molar-refractivity contribution in [2.45, 2.75) is 50.4 Å². The van der Waals surface area contributed by atoms with Crippen LogP contribution in [0.5, 0.6) is 0 Å². The lowest BCUT2D eigenvalue weighted by atomic mass is 9.88. The van der Waals surface area contributed by atoms with Crippen LogP contribution < -0.4 is 5.32 Å². The zero-order valence-electron chi connectivity index (χ0n) is 11.2. The molecule has 0 spiro atoms. The summed E-state index contributed by atoms with van der Waals surface area (Å²) in [4.78, 5) is 11.1. The normalized spacial score (nSPS) is 41.3. The zero-order chi connectivity index (χ0) is 14.0. The monoisotopic (exact) mass is 275 g/mol. The standard InChI is InChI=1S/C12H21NO6/c1-3-4-17-5-12-6-18-11(19-12)8(13-7(2)14)9(15)10(12)16/h8-11,15-16H,3-6H2,1-2H3,(H,13,14)/t8-,9-,10-,11-,12+/m1/s1. The average Bonchev–Trinajstić information content (AvgIpc) is 2.76. The number of ether oxygens (including phenoxy) is 3. The number of hydrogen-bond donors (Lipinski definition) is 3. The molecular weight excluding hydrogens is 254 g/mol. The Balaban J connectivity index is 2.06. The van der Waals surface area contributed by atoms with Crippen LogP contribution in [0.4, 0.5) is 0 Å². The van der Waals surface area contributed by atoms with Gasteiger partial charge in [0.1, 0.15) is 23.9 Å². The molecule has 0 aromatic heterocycles. The predicted octanol–water partition coefficient (Wildman–Crippen LogP) is -1.24. The van der Waals surface area contributed by atoms with Gasteiger partial charge in [-0.3, -0.25) is 4.79 Å². The summed E-state index contributed by atoms with van der Waals surface area (Å²) in [6.07, 6.45) is -2.21. The first kappa shape index (κ1) is 14.7. The highest BCUT2D eigenvalue weighted by Crippen LogP contribution is 2.37. The molecule has 2 rings (SSSR count). The van der Waals surface area contributed by atoms with Crippen molar-refractivity contribution in [3.05, 3.63) is 0 Å². The Morgan fingerprint density at radius 1 is 1.53 bits per heavy atom. The van der Waals surface area contributed by atoms with Crippen molar-refractivity contribution in [2.75, 3.05) is 19.8 Å². The number of hydrogen-bond acceptors (Lipinski definition) is 6. The van der Waals surface area contributed by atoms with Gasteiger partial charge >= 0.3 is 0 Å². The Bertz CT molecular complexity index is 338. The van der Waals surface area contributed by atoms with Gasteiger partial charge in [-0.1, -0.05) is 6.92 Å². The van der Waals surface area contributed by atoms with E-state index in [1.807, 2.05) is 6.92 Å². The summed E-state index contributed by atoms with van der Waals surface area (Å²) < 4.78 is 16.5. The summed E-state index contributed by atoms with van der Waals surface area (Å²) in [6.45, 7) is 4.15. The molecule has 0 aromatic carbocycles. The van der Waals surface area contributed by atoms with E-state index in [-0.39, 0.29) is 19.1 Å². The minimum absolute atomic E-state index is 0.135. The summed E-state index contributed by atoms with van der Waals surface area (Å²) in [5, 5.41) is 22.9. The average molecular weight is 275 g/mol. The first-order valence-corrected chi connectivity index (χ1v) is 6.50. The minimum Gasteiger partial charge on any atom is -0.388 e. The maximum absolute atomic E-state index is 11.1. The number of fused-ring (bicyclic) bond motifs is 2. The van der Waals surface area contributed by atoms with E-state index in [1.54, 1.807) is 0 Å². The van der Waals surface area contributed by atoms with Gasteiger partial charge in [0, 0.05) is 13.5 Å².